The number of rotatable bonds is 2. The van der Waals surface area contributed by atoms with Crippen LogP contribution in [0.1, 0.15) is 19.8 Å². The van der Waals surface area contributed by atoms with Gasteiger partial charge in [0.05, 0.1) is 0 Å². The zero-order valence-corrected chi connectivity index (χ0v) is 5.55. The van der Waals surface area contributed by atoms with Crippen LogP contribution < -0.4 is 5.73 Å². The SMILES string of the molecule is C/C(N)=C/C(=O)C1CC1. The highest BCUT2D eigenvalue weighted by Crippen LogP contribution is 2.30. The number of hydrogen-bond acceptors (Lipinski definition) is 2. The molecule has 2 N–H and O–H groups in total. The Bertz CT molecular complexity index is 152. The van der Waals surface area contributed by atoms with Crippen molar-refractivity contribution >= 4 is 5.78 Å². The topological polar surface area (TPSA) is 43.1 Å². The Hall–Kier alpha value is -0.790. The van der Waals surface area contributed by atoms with Gasteiger partial charge in [0.1, 0.15) is 0 Å². The van der Waals surface area contributed by atoms with Crippen molar-refractivity contribution in [3.8, 4) is 0 Å². The molecule has 0 aromatic heterocycles. The first-order valence-corrected chi connectivity index (χ1v) is 3.18. The van der Waals surface area contributed by atoms with Crippen LogP contribution in [-0.2, 0) is 4.79 Å². The van der Waals surface area contributed by atoms with Crippen molar-refractivity contribution in [2.75, 3.05) is 0 Å². The number of hydrogen-bond donors (Lipinski definition) is 1. The molecule has 0 spiro atoms. The van der Waals surface area contributed by atoms with Gasteiger partial charge >= 0.3 is 0 Å². The van der Waals surface area contributed by atoms with Crippen molar-refractivity contribution in [2.24, 2.45) is 11.7 Å². The number of nitrogens with two attached hydrogens (primary N) is 1. The third kappa shape index (κ3) is 1.88. The summed E-state index contributed by atoms with van der Waals surface area (Å²) < 4.78 is 0. The highest BCUT2D eigenvalue weighted by Gasteiger charge is 2.27. The highest BCUT2D eigenvalue weighted by molar-refractivity contribution is 5.93. The second-order valence-corrected chi connectivity index (χ2v) is 2.56. The quantitative estimate of drug-likeness (QED) is 0.555. The van der Waals surface area contributed by atoms with Gasteiger partial charge in [0, 0.05) is 11.6 Å². The van der Waals surface area contributed by atoms with Gasteiger partial charge in [-0.25, -0.2) is 0 Å². The molecule has 1 fully saturated rings. The summed E-state index contributed by atoms with van der Waals surface area (Å²) in [6.45, 7) is 1.74. The van der Waals surface area contributed by atoms with Crippen molar-refractivity contribution in [1.82, 2.24) is 0 Å². The molecule has 0 heterocycles. The normalized spacial score (nSPS) is 19.9. The van der Waals surface area contributed by atoms with E-state index in [0.29, 0.717) is 11.6 Å². The smallest absolute Gasteiger partial charge is 0.160 e. The number of ketones is 1. The van der Waals surface area contributed by atoms with E-state index in [-0.39, 0.29) is 5.78 Å². The van der Waals surface area contributed by atoms with E-state index in [0.717, 1.165) is 12.8 Å². The fourth-order valence-electron chi connectivity index (χ4n) is 0.710. The summed E-state index contributed by atoms with van der Waals surface area (Å²) in [5, 5.41) is 0. The number of carbonyl (C=O) groups excluding carboxylic acids is 1. The third-order valence-electron chi connectivity index (χ3n) is 1.35. The Balaban J connectivity index is 2.42. The zero-order valence-electron chi connectivity index (χ0n) is 5.55. The molecule has 0 unspecified atom stereocenters. The van der Waals surface area contributed by atoms with Crippen molar-refractivity contribution < 1.29 is 4.79 Å². The average molecular weight is 125 g/mol. The molecule has 1 saturated carbocycles. The van der Waals surface area contributed by atoms with Gasteiger partial charge in [-0.15, -0.1) is 0 Å². The first-order chi connectivity index (χ1) is 4.20. The van der Waals surface area contributed by atoms with Crippen LogP contribution in [0.5, 0.6) is 0 Å². The standard InChI is InChI=1S/C7H11NO/c1-5(8)4-7(9)6-2-3-6/h4,6H,2-3,8H2,1H3/b5-4-. The minimum absolute atomic E-state index is 0.204. The van der Waals surface area contributed by atoms with Gasteiger partial charge in [0.15, 0.2) is 5.78 Å². The van der Waals surface area contributed by atoms with Crippen LogP contribution >= 0.6 is 0 Å². The van der Waals surface area contributed by atoms with E-state index in [9.17, 15) is 4.79 Å². The predicted octanol–water partition coefficient (Wildman–Crippen LogP) is 0.828. The Kier molecular flexibility index (Phi) is 1.56. The lowest BCUT2D eigenvalue weighted by molar-refractivity contribution is -0.115. The van der Waals surface area contributed by atoms with Crippen LogP contribution in [0, 0.1) is 5.92 Å². The van der Waals surface area contributed by atoms with Crippen LogP contribution in [0.15, 0.2) is 11.8 Å². The molecule has 0 aromatic rings. The molecule has 50 valence electrons. The van der Waals surface area contributed by atoms with Gasteiger partial charge in [-0.2, -0.15) is 0 Å². The molecule has 0 atom stereocenters. The molecule has 1 aliphatic rings. The Labute approximate surface area is 54.7 Å². The maximum Gasteiger partial charge on any atom is 0.160 e. The van der Waals surface area contributed by atoms with Gasteiger partial charge < -0.3 is 5.73 Å². The molecule has 2 heteroatoms. The van der Waals surface area contributed by atoms with Crippen LogP contribution in [0.3, 0.4) is 0 Å². The second kappa shape index (κ2) is 2.21. The molecular weight excluding hydrogens is 114 g/mol. The first-order valence-electron chi connectivity index (χ1n) is 3.18. The lowest BCUT2D eigenvalue weighted by Crippen LogP contribution is -2.00. The molecule has 0 bridgehead atoms. The maximum atomic E-state index is 10.9. The number of carbonyl (C=O) groups is 1. The van der Waals surface area contributed by atoms with Gasteiger partial charge in [0.25, 0.3) is 0 Å². The Morgan fingerprint density at radius 1 is 1.67 bits per heavy atom. The van der Waals surface area contributed by atoms with E-state index >= 15 is 0 Å². The zero-order chi connectivity index (χ0) is 6.85. The predicted molar refractivity (Wildman–Crippen MR) is 35.7 cm³/mol. The highest BCUT2D eigenvalue weighted by atomic mass is 16.1. The first kappa shape index (κ1) is 6.33. The van der Waals surface area contributed by atoms with E-state index in [4.69, 9.17) is 5.73 Å². The lowest BCUT2D eigenvalue weighted by Gasteiger charge is -1.88. The monoisotopic (exact) mass is 125 g/mol. The van der Waals surface area contributed by atoms with Crippen LogP contribution in [0.2, 0.25) is 0 Å². The fraction of sp³-hybridized carbons (Fsp3) is 0.571. The van der Waals surface area contributed by atoms with E-state index in [1.165, 1.54) is 6.08 Å². The van der Waals surface area contributed by atoms with Crippen LogP contribution in [0.25, 0.3) is 0 Å². The lowest BCUT2D eigenvalue weighted by atomic mass is 10.2. The van der Waals surface area contributed by atoms with E-state index in [1.54, 1.807) is 6.92 Å². The summed E-state index contributed by atoms with van der Waals surface area (Å²) in [6, 6.07) is 0. The average Bonchev–Trinajstić information content (AvgIpc) is 2.40. The van der Waals surface area contributed by atoms with E-state index in [2.05, 4.69) is 0 Å². The number of allylic oxidation sites excluding steroid dienone is 2. The fourth-order valence-corrected chi connectivity index (χ4v) is 0.710. The Morgan fingerprint density at radius 3 is 2.56 bits per heavy atom. The minimum Gasteiger partial charge on any atom is -0.402 e. The van der Waals surface area contributed by atoms with Crippen molar-refractivity contribution in [1.29, 1.82) is 0 Å². The molecule has 0 radical (unpaired) electrons. The molecule has 0 aromatic carbocycles. The Morgan fingerprint density at radius 2 is 2.22 bits per heavy atom. The second-order valence-electron chi connectivity index (χ2n) is 2.56. The summed E-state index contributed by atoms with van der Waals surface area (Å²) in [5.41, 5.74) is 5.92. The van der Waals surface area contributed by atoms with Crippen molar-refractivity contribution in [3.63, 3.8) is 0 Å². The van der Waals surface area contributed by atoms with E-state index < -0.39 is 0 Å². The molecule has 0 saturated heterocycles. The molecular formula is C7H11NO. The largest absolute Gasteiger partial charge is 0.402 e. The summed E-state index contributed by atoms with van der Waals surface area (Å²) >= 11 is 0. The molecule has 2 nitrogen and oxygen atoms in total. The van der Waals surface area contributed by atoms with Gasteiger partial charge in [-0.1, -0.05) is 0 Å². The van der Waals surface area contributed by atoms with Gasteiger partial charge in [-0.05, 0) is 25.8 Å². The van der Waals surface area contributed by atoms with Gasteiger partial charge in [0.2, 0.25) is 0 Å². The van der Waals surface area contributed by atoms with E-state index in [1.807, 2.05) is 0 Å². The van der Waals surface area contributed by atoms with Gasteiger partial charge in [-0.3, -0.25) is 4.79 Å². The summed E-state index contributed by atoms with van der Waals surface area (Å²) in [5.74, 6) is 0.512. The van der Waals surface area contributed by atoms with Crippen molar-refractivity contribution in [3.05, 3.63) is 11.8 Å². The summed E-state index contributed by atoms with van der Waals surface area (Å²) in [4.78, 5) is 10.9. The molecule has 9 heavy (non-hydrogen) atoms. The van der Waals surface area contributed by atoms with Crippen molar-refractivity contribution in [2.45, 2.75) is 19.8 Å². The summed E-state index contributed by atoms with van der Waals surface area (Å²) in [6.07, 6.45) is 3.64. The third-order valence-corrected chi connectivity index (χ3v) is 1.35. The molecule has 0 aliphatic heterocycles. The molecule has 1 rings (SSSR count). The minimum atomic E-state index is 0.204. The summed E-state index contributed by atoms with van der Waals surface area (Å²) in [7, 11) is 0. The van der Waals surface area contributed by atoms with Crippen LogP contribution in [-0.4, -0.2) is 5.78 Å². The van der Waals surface area contributed by atoms with Crippen LogP contribution in [0.4, 0.5) is 0 Å². The molecule has 0 amide bonds. The maximum absolute atomic E-state index is 10.9. The molecule has 1 aliphatic carbocycles.